The molecule has 1 amide bonds. The van der Waals surface area contributed by atoms with Crippen LogP contribution in [0.3, 0.4) is 0 Å². The van der Waals surface area contributed by atoms with Gasteiger partial charge in [0.1, 0.15) is 23.1 Å². The molecule has 0 aliphatic rings. The molecule has 1 N–H and O–H groups in total. The summed E-state index contributed by atoms with van der Waals surface area (Å²) < 4.78 is 12.2. The van der Waals surface area contributed by atoms with Gasteiger partial charge in [-0.05, 0) is 43.3 Å². The average molecular weight is 451 g/mol. The number of para-hydroxylation sites is 1. The summed E-state index contributed by atoms with van der Waals surface area (Å²) in [6.45, 7) is 3.04. The maximum absolute atomic E-state index is 12.4. The second-order valence-corrected chi connectivity index (χ2v) is 7.12. The number of halogens is 1. The predicted octanol–water partition coefficient (Wildman–Crippen LogP) is 4.26. The molecule has 3 aromatic rings. The van der Waals surface area contributed by atoms with Crippen LogP contribution in [0, 0.1) is 11.3 Å². The quantitative estimate of drug-likeness (QED) is 0.299. The highest BCUT2D eigenvalue weighted by molar-refractivity contribution is 6.32. The van der Waals surface area contributed by atoms with Crippen molar-refractivity contribution in [2.45, 2.75) is 6.92 Å². The summed E-state index contributed by atoms with van der Waals surface area (Å²) in [4.78, 5) is 12.4. The number of hydrogen-bond donors (Lipinski definition) is 1. The van der Waals surface area contributed by atoms with Gasteiger partial charge in [0.15, 0.2) is 0 Å². The van der Waals surface area contributed by atoms with Crippen molar-refractivity contribution < 1.29 is 14.3 Å². The van der Waals surface area contributed by atoms with Crippen molar-refractivity contribution in [1.29, 1.82) is 5.26 Å². The van der Waals surface area contributed by atoms with E-state index >= 15 is 0 Å². The molecule has 164 valence electrons. The van der Waals surface area contributed by atoms with Crippen LogP contribution in [0.25, 0.3) is 23.0 Å². The van der Waals surface area contributed by atoms with Crippen molar-refractivity contribution in [3.8, 4) is 28.8 Å². The standard InChI is InChI=1S/C24H23ClN4O3/c1-3-32-22-10-9-17(14-21(22)25)23-19(13-18(15-26)24(30)27-11-12-31-2)16-29(28-23)20-7-5-4-6-8-20/h4-10,13-14,16H,3,11-12H2,1-2H3,(H,27,30)/b18-13+. The summed E-state index contributed by atoms with van der Waals surface area (Å²) in [7, 11) is 1.54. The number of ether oxygens (including phenoxy) is 2. The summed E-state index contributed by atoms with van der Waals surface area (Å²) >= 11 is 6.39. The smallest absolute Gasteiger partial charge is 0.262 e. The van der Waals surface area contributed by atoms with Gasteiger partial charge < -0.3 is 14.8 Å². The minimum Gasteiger partial charge on any atom is -0.492 e. The number of hydrogen-bond acceptors (Lipinski definition) is 5. The Bertz CT molecular complexity index is 1150. The Balaban J connectivity index is 2.06. The van der Waals surface area contributed by atoms with E-state index in [1.807, 2.05) is 49.4 Å². The first-order valence-electron chi connectivity index (χ1n) is 10.0. The average Bonchev–Trinajstić information content (AvgIpc) is 3.23. The number of aromatic nitrogens is 2. The minimum atomic E-state index is -0.479. The van der Waals surface area contributed by atoms with Gasteiger partial charge in [0, 0.05) is 31.0 Å². The van der Waals surface area contributed by atoms with Crippen molar-refractivity contribution in [2.24, 2.45) is 0 Å². The Morgan fingerprint density at radius 3 is 2.72 bits per heavy atom. The third-order valence-electron chi connectivity index (χ3n) is 4.53. The number of nitrogens with one attached hydrogen (secondary N) is 1. The normalized spacial score (nSPS) is 11.1. The highest BCUT2D eigenvalue weighted by Gasteiger charge is 2.16. The molecule has 1 aromatic heterocycles. The van der Waals surface area contributed by atoms with Gasteiger partial charge in [-0.15, -0.1) is 0 Å². The first-order valence-corrected chi connectivity index (χ1v) is 10.4. The summed E-state index contributed by atoms with van der Waals surface area (Å²) in [6, 6.07) is 16.9. The lowest BCUT2D eigenvalue weighted by molar-refractivity contribution is -0.117. The van der Waals surface area contributed by atoms with Gasteiger partial charge in [0.2, 0.25) is 0 Å². The number of rotatable bonds is 9. The van der Waals surface area contributed by atoms with E-state index in [1.54, 1.807) is 30.1 Å². The maximum atomic E-state index is 12.4. The van der Waals surface area contributed by atoms with E-state index in [1.165, 1.54) is 6.08 Å². The van der Waals surface area contributed by atoms with Crippen LogP contribution < -0.4 is 10.1 Å². The van der Waals surface area contributed by atoms with Crippen molar-refractivity contribution in [2.75, 3.05) is 26.9 Å². The van der Waals surface area contributed by atoms with E-state index in [0.717, 1.165) is 11.3 Å². The molecule has 0 bridgehead atoms. The number of benzene rings is 2. The minimum absolute atomic E-state index is 0.0352. The Labute approximate surface area is 191 Å². The van der Waals surface area contributed by atoms with E-state index < -0.39 is 5.91 Å². The number of amides is 1. The molecule has 0 aliphatic heterocycles. The summed E-state index contributed by atoms with van der Waals surface area (Å²) in [6.07, 6.45) is 3.29. The first-order chi connectivity index (χ1) is 15.6. The molecule has 0 radical (unpaired) electrons. The fourth-order valence-corrected chi connectivity index (χ4v) is 3.25. The molecular formula is C24H23ClN4O3. The van der Waals surface area contributed by atoms with Crippen LogP contribution in [0.1, 0.15) is 12.5 Å². The topological polar surface area (TPSA) is 89.2 Å². The predicted molar refractivity (Wildman–Crippen MR) is 124 cm³/mol. The van der Waals surface area contributed by atoms with Crippen LogP contribution in [0.4, 0.5) is 0 Å². The van der Waals surface area contributed by atoms with Gasteiger partial charge in [-0.25, -0.2) is 4.68 Å². The molecule has 0 aliphatic carbocycles. The fourth-order valence-electron chi connectivity index (χ4n) is 3.02. The second-order valence-electron chi connectivity index (χ2n) is 6.71. The molecule has 0 saturated heterocycles. The van der Waals surface area contributed by atoms with Crippen LogP contribution >= 0.6 is 11.6 Å². The third-order valence-corrected chi connectivity index (χ3v) is 4.82. The van der Waals surface area contributed by atoms with E-state index in [0.29, 0.717) is 41.8 Å². The summed E-state index contributed by atoms with van der Waals surface area (Å²) in [5.41, 5.74) is 2.72. The third kappa shape index (κ3) is 5.55. The van der Waals surface area contributed by atoms with E-state index in [-0.39, 0.29) is 5.57 Å². The van der Waals surface area contributed by atoms with E-state index in [4.69, 9.17) is 26.2 Å². The number of carbonyl (C=O) groups is 1. The SMILES string of the molecule is CCOc1ccc(-c2nn(-c3ccccc3)cc2/C=C(\C#N)C(=O)NCCOC)cc1Cl. The number of nitriles is 1. The van der Waals surface area contributed by atoms with Crippen LogP contribution in [0.2, 0.25) is 5.02 Å². The van der Waals surface area contributed by atoms with Gasteiger partial charge in [-0.1, -0.05) is 29.8 Å². The van der Waals surface area contributed by atoms with Gasteiger partial charge in [-0.3, -0.25) is 4.79 Å². The Morgan fingerprint density at radius 1 is 1.28 bits per heavy atom. The molecular weight excluding hydrogens is 428 g/mol. The second kappa shape index (κ2) is 11.1. The van der Waals surface area contributed by atoms with Crippen molar-refractivity contribution in [1.82, 2.24) is 15.1 Å². The lowest BCUT2D eigenvalue weighted by atomic mass is 10.1. The zero-order valence-electron chi connectivity index (χ0n) is 17.8. The van der Waals surface area contributed by atoms with Crippen LogP contribution in [-0.4, -0.2) is 42.6 Å². The zero-order chi connectivity index (χ0) is 22.9. The van der Waals surface area contributed by atoms with Crippen molar-refractivity contribution in [3.05, 3.63) is 70.9 Å². The molecule has 0 unspecified atom stereocenters. The molecule has 2 aromatic carbocycles. The molecule has 3 rings (SSSR count). The fraction of sp³-hybridized carbons (Fsp3) is 0.208. The van der Waals surface area contributed by atoms with E-state index in [9.17, 15) is 10.1 Å². The monoisotopic (exact) mass is 450 g/mol. The largest absolute Gasteiger partial charge is 0.492 e. The Kier molecular flexibility index (Phi) is 8.03. The van der Waals surface area contributed by atoms with Gasteiger partial charge >= 0.3 is 0 Å². The molecule has 0 atom stereocenters. The summed E-state index contributed by atoms with van der Waals surface area (Å²) in [5.74, 6) is 0.0976. The van der Waals surface area contributed by atoms with Crippen LogP contribution in [-0.2, 0) is 9.53 Å². The molecule has 1 heterocycles. The molecule has 0 saturated carbocycles. The van der Waals surface area contributed by atoms with Gasteiger partial charge in [-0.2, -0.15) is 10.4 Å². The molecule has 32 heavy (non-hydrogen) atoms. The molecule has 0 fully saturated rings. The van der Waals surface area contributed by atoms with Crippen LogP contribution in [0.5, 0.6) is 5.75 Å². The highest BCUT2D eigenvalue weighted by Crippen LogP contribution is 2.32. The van der Waals surface area contributed by atoms with Gasteiger partial charge in [0.25, 0.3) is 5.91 Å². The lowest BCUT2D eigenvalue weighted by Gasteiger charge is -2.07. The lowest BCUT2D eigenvalue weighted by Crippen LogP contribution is -2.27. The first kappa shape index (κ1) is 23.1. The summed E-state index contributed by atoms with van der Waals surface area (Å²) in [5, 5.41) is 17.4. The van der Waals surface area contributed by atoms with Gasteiger partial charge in [0.05, 0.1) is 23.9 Å². The molecule has 8 heteroatoms. The van der Waals surface area contributed by atoms with Crippen molar-refractivity contribution >= 4 is 23.6 Å². The zero-order valence-corrected chi connectivity index (χ0v) is 18.6. The maximum Gasteiger partial charge on any atom is 0.262 e. The van der Waals surface area contributed by atoms with Crippen LogP contribution in [0.15, 0.2) is 60.3 Å². The number of methoxy groups -OCH3 is 1. The molecule has 0 spiro atoms. The number of nitrogens with zero attached hydrogens (tertiary/aromatic N) is 3. The molecule has 7 nitrogen and oxygen atoms in total. The highest BCUT2D eigenvalue weighted by atomic mass is 35.5. The van der Waals surface area contributed by atoms with Crippen molar-refractivity contribution in [3.63, 3.8) is 0 Å². The Hall–Kier alpha value is -3.60. The number of carbonyl (C=O) groups excluding carboxylic acids is 1. The van der Waals surface area contributed by atoms with E-state index in [2.05, 4.69) is 5.32 Å². The Morgan fingerprint density at radius 2 is 2.06 bits per heavy atom.